The van der Waals surface area contributed by atoms with Crippen molar-refractivity contribution in [3.05, 3.63) is 11.1 Å². The van der Waals surface area contributed by atoms with Crippen molar-refractivity contribution in [2.24, 2.45) is 5.92 Å². The van der Waals surface area contributed by atoms with Gasteiger partial charge < -0.3 is 10.0 Å². The van der Waals surface area contributed by atoms with E-state index in [2.05, 4.69) is 24.1 Å². The number of carbonyl (C=O) groups is 2. The Kier molecular flexibility index (Phi) is 5.29. The van der Waals surface area contributed by atoms with Crippen LogP contribution in [0.2, 0.25) is 0 Å². The molecule has 1 aromatic rings. The molecule has 19 heavy (non-hydrogen) atoms. The molecule has 0 aliphatic heterocycles. The second-order valence-corrected chi connectivity index (χ2v) is 5.83. The standard InChI is InChI=1S/C12H19N3O3S/c1-7(2)9-5-13-11(19-9)14-12(18)15(4)6-8(3)10(16)17/h5,7-8H,6H2,1-4H3,(H,16,17)(H,13,14,18). The fourth-order valence-electron chi connectivity index (χ4n) is 1.37. The van der Waals surface area contributed by atoms with Gasteiger partial charge in [0.2, 0.25) is 0 Å². The predicted molar refractivity (Wildman–Crippen MR) is 74.7 cm³/mol. The number of nitrogens with one attached hydrogen (secondary N) is 1. The number of thiazole rings is 1. The number of hydrogen-bond acceptors (Lipinski definition) is 4. The van der Waals surface area contributed by atoms with Crippen LogP contribution in [0, 0.1) is 5.92 Å². The first-order chi connectivity index (χ1) is 8.81. The second-order valence-electron chi connectivity index (χ2n) is 4.77. The number of amides is 2. The molecule has 0 aliphatic carbocycles. The van der Waals surface area contributed by atoms with Crippen molar-refractivity contribution >= 4 is 28.5 Å². The molecular formula is C12H19N3O3S. The summed E-state index contributed by atoms with van der Waals surface area (Å²) in [6.07, 6.45) is 1.74. The number of carboxylic acid groups (broad SMARTS) is 1. The highest BCUT2D eigenvalue weighted by atomic mass is 32.1. The van der Waals surface area contributed by atoms with Gasteiger partial charge in [0.05, 0.1) is 5.92 Å². The van der Waals surface area contributed by atoms with E-state index in [4.69, 9.17) is 5.11 Å². The van der Waals surface area contributed by atoms with Gasteiger partial charge in [0, 0.05) is 24.7 Å². The van der Waals surface area contributed by atoms with Gasteiger partial charge in [-0.1, -0.05) is 20.8 Å². The first kappa shape index (κ1) is 15.4. The number of urea groups is 1. The van der Waals surface area contributed by atoms with Gasteiger partial charge in [0.25, 0.3) is 0 Å². The normalized spacial score (nSPS) is 12.3. The lowest BCUT2D eigenvalue weighted by atomic mass is 10.2. The fraction of sp³-hybridized carbons (Fsp3) is 0.583. The molecule has 0 aromatic carbocycles. The third-order valence-electron chi connectivity index (χ3n) is 2.62. The molecule has 2 N–H and O–H groups in total. The Morgan fingerprint density at radius 2 is 2.11 bits per heavy atom. The molecule has 1 unspecified atom stereocenters. The van der Waals surface area contributed by atoms with E-state index in [-0.39, 0.29) is 12.6 Å². The molecule has 0 spiro atoms. The quantitative estimate of drug-likeness (QED) is 0.870. The molecule has 0 saturated carbocycles. The summed E-state index contributed by atoms with van der Waals surface area (Å²) >= 11 is 1.43. The van der Waals surface area contributed by atoms with Crippen molar-refractivity contribution < 1.29 is 14.7 Å². The van der Waals surface area contributed by atoms with Crippen LogP contribution in [-0.4, -0.2) is 40.6 Å². The summed E-state index contributed by atoms with van der Waals surface area (Å²) in [7, 11) is 1.56. The Balaban J connectivity index is 2.56. The third-order valence-corrected chi connectivity index (χ3v) is 3.84. The highest BCUT2D eigenvalue weighted by Crippen LogP contribution is 2.25. The summed E-state index contributed by atoms with van der Waals surface area (Å²) in [5, 5.41) is 12.0. The maximum absolute atomic E-state index is 11.8. The van der Waals surface area contributed by atoms with E-state index in [9.17, 15) is 9.59 Å². The van der Waals surface area contributed by atoms with Gasteiger partial charge in [-0.15, -0.1) is 11.3 Å². The first-order valence-electron chi connectivity index (χ1n) is 6.02. The zero-order valence-corrected chi connectivity index (χ0v) is 12.3. The molecule has 0 bridgehead atoms. The van der Waals surface area contributed by atoms with Crippen LogP contribution in [0.1, 0.15) is 31.6 Å². The highest BCUT2D eigenvalue weighted by Gasteiger charge is 2.18. The molecule has 0 fully saturated rings. The summed E-state index contributed by atoms with van der Waals surface area (Å²) in [5.41, 5.74) is 0. The van der Waals surface area contributed by atoms with Crippen molar-refractivity contribution in [2.45, 2.75) is 26.7 Å². The van der Waals surface area contributed by atoms with E-state index < -0.39 is 11.9 Å². The van der Waals surface area contributed by atoms with Crippen molar-refractivity contribution in [3.8, 4) is 0 Å². The first-order valence-corrected chi connectivity index (χ1v) is 6.83. The van der Waals surface area contributed by atoms with E-state index in [1.807, 2.05) is 0 Å². The number of rotatable bonds is 5. The molecule has 0 aliphatic rings. The second kappa shape index (κ2) is 6.51. The van der Waals surface area contributed by atoms with Gasteiger partial charge in [0.1, 0.15) is 0 Å². The third kappa shape index (κ3) is 4.51. The molecule has 1 aromatic heterocycles. The minimum atomic E-state index is -0.920. The van der Waals surface area contributed by atoms with Crippen molar-refractivity contribution in [1.82, 2.24) is 9.88 Å². The Labute approximate surface area is 116 Å². The molecule has 106 valence electrons. The molecule has 6 nitrogen and oxygen atoms in total. The number of aromatic nitrogens is 1. The molecule has 1 rings (SSSR count). The average molecular weight is 285 g/mol. The number of carboxylic acids is 1. The lowest BCUT2D eigenvalue weighted by Gasteiger charge is -2.19. The van der Waals surface area contributed by atoms with Crippen LogP contribution in [0.5, 0.6) is 0 Å². The van der Waals surface area contributed by atoms with Gasteiger partial charge in [0.15, 0.2) is 5.13 Å². The average Bonchev–Trinajstić information content (AvgIpc) is 2.77. The van der Waals surface area contributed by atoms with Crippen molar-refractivity contribution in [3.63, 3.8) is 0 Å². The van der Waals surface area contributed by atoms with Gasteiger partial charge in [-0.3, -0.25) is 10.1 Å². The summed E-state index contributed by atoms with van der Waals surface area (Å²) in [6.45, 7) is 5.83. The van der Waals surface area contributed by atoms with Crippen LogP contribution in [0.4, 0.5) is 9.93 Å². The van der Waals surface area contributed by atoms with Gasteiger partial charge in [-0.05, 0) is 5.92 Å². The molecular weight excluding hydrogens is 266 g/mol. The summed E-state index contributed by atoms with van der Waals surface area (Å²) in [5.74, 6) is -1.15. The topological polar surface area (TPSA) is 82.5 Å². The Bertz CT molecular complexity index is 459. The predicted octanol–water partition coefficient (Wildman–Crippen LogP) is 2.45. The number of carbonyl (C=O) groups excluding carboxylic acids is 1. The van der Waals surface area contributed by atoms with Gasteiger partial charge in [-0.2, -0.15) is 0 Å². The summed E-state index contributed by atoms with van der Waals surface area (Å²) in [4.78, 5) is 29.1. The zero-order chi connectivity index (χ0) is 14.6. The SMILES string of the molecule is CC(CN(C)C(=O)Nc1ncc(C(C)C)s1)C(=O)O. The molecule has 1 atom stereocenters. The summed E-state index contributed by atoms with van der Waals surface area (Å²) < 4.78 is 0. The van der Waals surface area contributed by atoms with Crippen LogP contribution in [0.3, 0.4) is 0 Å². The largest absolute Gasteiger partial charge is 0.481 e. The van der Waals surface area contributed by atoms with E-state index in [0.717, 1.165) is 4.88 Å². The van der Waals surface area contributed by atoms with E-state index >= 15 is 0 Å². The maximum Gasteiger partial charge on any atom is 0.323 e. The number of hydrogen-bond donors (Lipinski definition) is 2. The van der Waals surface area contributed by atoms with Crippen LogP contribution in [0.15, 0.2) is 6.20 Å². The van der Waals surface area contributed by atoms with Crippen LogP contribution < -0.4 is 5.32 Å². The van der Waals surface area contributed by atoms with Gasteiger partial charge >= 0.3 is 12.0 Å². The van der Waals surface area contributed by atoms with E-state index in [1.165, 1.54) is 16.2 Å². The number of nitrogens with zero attached hydrogens (tertiary/aromatic N) is 2. The van der Waals surface area contributed by atoms with Gasteiger partial charge in [-0.25, -0.2) is 9.78 Å². The molecule has 1 heterocycles. The van der Waals surface area contributed by atoms with E-state index in [0.29, 0.717) is 11.0 Å². The Morgan fingerprint density at radius 3 is 2.58 bits per heavy atom. The van der Waals surface area contributed by atoms with Crippen molar-refractivity contribution in [1.29, 1.82) is 0 Å². The van der Waals surface area contributed by atoms with Crippen LogP contribution >= 0.6 is 11.3 Å². The fourth-order valence-corrected chi connectivity index (χ4v) is 2.18. The lowest BCUT2D eigenvalue weighted by molar-refractivity contribution is -0.141. The smallest absolute Gasteiger partial charge is 0.323 e. The molecule has 7 heteroatoms. The number of aliphatic carboxylic acids is 1. The summed E-state index contributed by atoms with van der Waals surface area (Å²) in [6, 6.07) is -0.349. The highest BCUT2D eigenvalue weighted by molar-refractivity contribution is 7.15. The lowest BCUT2D eigenvalue weighted by Crippen LogP contribution is -2.36. The van der Waals surface area contributed by atoms with E-state index in [1.54, 1.807) is 20.2 Å². The minimum absolute atomic E-state index is 0.156. The van der Waals surface area contributed by atoms with Crippen LogP contribution in [0.25, 0.3) is 0 Å². The van der Waals surface area contributed by atoms with Crippen LogP contribution in [-0.2, 0) is 4.79 Å². The maximum atomic E-state index is 11.8. The number of anilines is 1. The monoisotopic (exact) mass is 285 g/mol. The molecule has 2 amide bonds. The minimum Gasteiger partial charge on any atom is -0.481 e. The molecule has 0 saturated heterocycles. The molecule has 0 radical (unpaired) electrons. The van der Waals surface area contributed by atoms with Crippen molar-refractivity contribution in [2.75, 3.05) is 18.9 Å². The Morgan fingerprint density at radius 1 is 1.47 bits per heavy atom. The zero-order valence-electron chi connectivity index (χ0n) is 11.5. The Hall–Kier alpha value is -1.63.